The van der Waals surface area contributed by atoms with Crippen molar-refractivity contribution in [3.63, 3.8) is 0 Å². The standard InChI is InChI=1S/C21H20FN3O4/c1-27-13-7-8-15(18(10-13)28-2)24-21-23-11-14(22)20(25-21)29-17-5-3-4-12-6-9-16(26)19(12)17/h3-4,7-8,10-12H,5-6,9H2,1-2H3,(H,23,24,25). The van der Waals surface area contributed by atoms with Gasteiger partial charge < -0.3 is 19.5 Å². The molecule has 150 valence electrons. The topological polar surface area (TPSA) is 82.6 Å². The highest BCUT2D eigenvalue weighted by molar-refractivity contribution is 5.99. The molecule has 0 amide bonds. The zero-order valence-electron chi connectivity index (χ0n) is 16.1. The van der Waals surface area contributed by atoms with Crippen molar-refractivity contribution in [3.8, 4) is 17.4 Å². The molecule has 0 saturated heterocycles. The number of benzene rings is 1. The molecule has 0 aliphatic heterocycles. The molecule has 1 N–H and O–H groups in total. The molecule has 1 fully saturated rings. The third-order valence-corrected chi connectivity index (χ3v) is 4.91. The molecule has 1 atom stereocenters. The third-order valence-electron chi connectivity index (χ3n) is 4.91. The molecule has 0 spiro atoms. The molecular weight excluding hydrogens is 377 g/mol. The van der Waals surface area contributed by atoms with Crippen molar-refractivity contribution < 1.29 is 23.4 Å². The fraction of sp³-hybridized carbons (Fsp3) is 0.286. The lowest BCUT2D eigenvalue weighted by Gasteiger charge is -2.18. The number of ketones is 1. The van der Waals surface area contributed by atoms with E-state index in [1.54, 1.807) is 25.3 Å². The SMILES string of the molecule is COc1ccc(Nc2ncc(F)c(OC3=C4C(=O)CCC4C=CC3)n2)c(OC)c1. The number of aromatic nitrogens is 2. The number of nitrogens with zero attached hydrogens (tertiary/aromatic N) is 2. The van der Waals surface area contributed by atoms with Gasteiger partial charge in [0.15, 0.2) is 5.78 Å². The second kappa shape index (κ2) is 7.90. The van der Waals surface area contributed by atoms with Crippen molar-refractivity contribution in [2.45, 2.75) is 19.3 Å². The van der Waals surface area contributed by atoms with Gasteiger partial charge in [-0.3, -0.25) is 4.79 Å². The second-order valence-corrected chi connectivity index (χ2v) is 6.68. The maximum absolute atomic E-state index is 14.3. The van der Waals surface area contributed by atoms with Gasteiger partial charge in [-0.15, -0.1) is 0 Å². The van der Waals surface area contributed by atoms with Crippen LogP contribution in [0.3, 0.4) is 0 Å². The largest absolute Gasteiger partial charge is 0.497 e. The third kappa shape index (κ3) is 3.78. The first-order chi connectivity index (χ1) is 14.1. The predicted octanol–water partition coefficient (Wildman–Crippen LogP) is 3.95. The first-order valence-corrected chi connectivity index (χ1v) is 9.21. The number of fused-ring (bicyclic) bond motifs is 1. The van der Waals surface area contributed by atoms with Gasteiger partial charge in [0, 0.05) is 30.4 Å². The Kier molecular flexibility index (Phi) is 5.16. The molecule has 7 nitrogen and oxygen atoms in total. The Morgan fingerprint density at radius 2 is 2.10 bits per heavy atom. The number of hydrogen-bond acceptors (Lipinski definition) is 7. The fourth-order valence-electron chi connectivity index (χ4n) is 3.50. The lowest BCUT2D eigenvalue weighted by molar-refractivity contribution is -0.114. The van der Waals surface area contributed by atoms with E-state index in [-0.39, 0.29) is 23.5 Å². The normalized spacial score (nSPS) is 17.9. The molecule has 29 heavy (non-hydrogen) atoms. The van der Waals surface area contributed by atoms with E-state index in [9.17, 15) is 9.18 Å². The molecule has 1 aromatic carbocycles. The van der Waals surface area contributed by atoms with E-state index >= 15 is 0 Å². The molecule has 1 saturated carbocycles. The molecule has 2 aliphatic carbocycles. The Labute approximate surface area is 167 Å². The Morgan fingerprint density at radius 3 is 2.90 bits per heavy atom. The van der Waals surface area contributed by atoms with Gasteiger partial charge in [0.25, 0.3) is 5.88 Å². The minimum absolute atomic E-state index is 0.0392. The van der Waals surface area contributed by atoms with Gasteiger partial charge in [0.1, 0.15) is 17.3 Å². The molecule has 8 heteroatoms. The van der Waals surface area contributed by atoms with Crippen molar-refractivity contribution in [2.24, 2.45) is 5.92 Å². The zero-order valence-corrected chi connectivity index (χ0v) is 16.1. The Morgan fingerprint density at radius 1 is 1.24 bits per heavy atom. The number of carbonyl (C=O) groups is 1. The van der Waals surface area contributed by atoms with Crippen LogP contribution in [-0.4, -0.2) is 30.0 Å². The van der Waals surface area contributed by atoms with Crippen LogP contribution in [0, 0.1) is 11.7 Å². The number of Topliss-reactive ketones (excluding diaryl/α,β-unsaturated/α-hetero) is 1. The van der Waals surface area contributed by atoms with Crippen molar-refractivity contribution in [2.75, 3.05) is 19.5 Å². The number of nitrogens with one attached hydrogen (secondary N) is 1. The number of allylic oxidation sites excluding steroid dienone is 3. The van der Waals surface area contributed by atoms with Crippen molar-refractivity contribution in [1.82, 2.24) is 9.97 Å². The Bertz CT molecular complexity index is 1020. The van der Waals surface area contributed by atoms with Crippen LogP contribution < -0.4 is 19.5 Å². The lowest BCUT2D eigenvalue weighted by atomic mass is 9.95. The number of rotatable bonds is 6. The summed E-state index contributed by atoms with van der Waals surface area (Å²) in [6, 6.07) is 5.19. The average molecular weight is 397 g/mol. The highest BCUT2D eigenvalue weighted by Crippen LogP contribution is 2.37. The fourth-order valence-corrected chi connectivity index (χ4v) is 3.50. The molecule has 2 aliphatic rings. The minimum atomic E-state index is -0.707. The van der Waals surface area contributed by atoms with Crippen LogP contribution >= 0.6 is 0 Å². The van der Waals surface area contributed by atoms with Crippen LogP contribution in [0.1, 0.15) is 19.3 Å². The van der Waals surface area contributed by atoms with E-state index in [0.29, 0.717) is 41.4 Å². The van der Waals surface area contributed by atoms with Crippen molar-refractivity contribution in [1.29, 1.82) is 0 Å². The number of ether oxygens (including phenoxy) is 3. The Hall–Kier alpha value is -3.42. The summed E-state index contributed by atoms with van der Waals surface area (Å²) in [7, 11) is 3.09. The second-order valence-electron chi connectivity index (χ2n) is 6.68. The van der Waals surface area contributed by atoms with Crippen LogP contribution in [0.2, 0.25) is 0 Å². The quantitative estimate of drug-likeness (QED) is 0.739. The molecule has 0 radical (unpaired) electrons. The number of methoxy groups -OCH3 is 2. The minimum Gasteiger partial charge on any atom is -0.497 e. The summed E-state index contributed by atoms with van der Waals surface area (Å²) in [5.74, 6) is 0.879. The maximum atomic E-state index is 14.3. The van der Waals surface area contributed by atoms with Crippen LogP contribution in [0.25, 0.3) is 0 Å². The summed E-state index contributed by atoms with van der Waals surface area (Å²) in [6.07, 6.45) is 6.63. The van der Waals surface area contributed by atoms with Gasteiger partial charge in [-0.25, -0.2) is 4.98 Å². The zero-order chi connectivity index (χ0) is 20.4. The monoisotopic (exact) mass is 397 g/mol. The summed E-state index contributed by atoms with van der Waals surface area (Å²) in [4.78, 5) is 20.3. The van der Waals surface area contributed by atoms with E-state index in [1.807, 2.05) is 12.2 Å². The molecule has 1 aromatic heterocycles. The molecule has 0 bridgehead atoms. The summed E-state index contributed by atoms with van der Waals surface area (Å²) in [5.41, 5.74) is 1.20. The van der Waals surface area contributed by atoms with E-state index in [0.717, 1.165) is 12.6 Å². The average Bonchev–Trinajstić information content (AvgIpc) is 3.12. The summed E-state index contributed by atoms with van der Waals surface area (Å²) >= 11 is 0. The molecule has 4 rings (SSSR count). The first-order valence-electron chi connectivity index (χ1n) is 9.21. The van der Waals surface area contributed by atoms with Gasteiger partial charge in [0.2, 0.25) is 11.8 Å². The number of anilines is 2. The molecule has 1 unspecified atom stereocenters. The van der Waals surface area contributed by atoms with E-state index in [4.69, 9.17) is 14.2 Å². The van der Waals surface area contributed by atoms with Gasteiger partial charge in [-0.2, -0.15) is 9.37 Å². The summed E-state index contributed by atoms with van der Waals surface area (Å²) in [6.45, 7) is 0. The van der Waals surface area contributed by atoms with Crippen LogP contribution in [-0.2, 0) is 4.79 Å². The van der Waals surface area contributed by atoms with Gasteiger partial charge >= 0.3 is 0 Å². The number of carbonyl (C=O) groups excluding carboxylic acids is 1. The van der Waals surface area contributed by atoms with Gasteiger partial charge in [0.05, 0.1) is 26.1 Å². The summed E-state index contributed by atoms with van der Waals surface area (Å²) < 4.78 is 30.6. The summed E-state index contributed by atoms with van der Waals surface area (Å²) in [5, 5.41) is 2.99. The highest BCUT2D eigenvalue weighted by Gasteiger charge is 2.33. The van der Waals surface area contributed by atoms with Crippen LogP contribution in [0.4, 0.5) is 16.0 Å². The molecule has 1 heterocycles. The van der Waals surface area contributed by atoms with Crippen molar-refractivity contribution >= 4 is 17.4 Å². The van der Waals surface area contributed by atoms with Crippen LogP contribution in [0.15, 0.2) is 47.9 Å². The number of halogens is 1. The molecular formula is C21H20FN3O4. The van der Waals surface area contributed by atoms with E-state index in [1.165, 1.54) is 7.11 Å². The highest BCUT2D eigenvalue weighted by atomic mass is 19.1. The van der Waals surface area contributed by atoms with Crippen molar-refractivity contribution in [3.05, 3.63) is 53.7 Å². The number of hydrogen-bond donors (Lipinski definition) is 1. The smallest absolute Gasteiger partial charge is 0.260 e. The van der Waals surface area contributed by atoms with Gasteiger partial charge in [-0.05, 0) is 18.6 Å². The van der Waals surface area contributed by atoms with Gasteiger partial charge in [-0.1, -0.05) is 12.2 Å². The van der Waals surface area contributed by atoms with Crippen LogP contribution in [0.5, 0.6) is 17.4 Å². The lowest BCUT2D eigenvalue weighted by Crippen LogP contribution is -2.13. The van der Waals surface area contributed by atoms with E-state index < -0.39 is 5.82 Å². The Balaban J connectivity index is 1.60. The van der Waals surface area contributed by atoms with E-state index in [2.05, 4.69) is 15.3 Å². The predicted molar refractivity (Wildman–Crippen MR) is 104 cm³/mol. The first kappa shape index (κ1) is 18.9. The molecule has 2 aromatic rings. The maximum Gasteiger partial charge on any atom is 0.260 e.